The highest BCUT2D eigenvalue weighted by molar-refractivity contribution is 9.09. The van der Waals surface area contributed by atoms with E-state index >= 15 is 0 Å². The molecule has 0 fully saturated rings. The zero-order valence-corrected chi connectivity index (χ0v) is 11.8. The molecule has 0 aliphatic rings. The van der Waals surface area contributed by atoms with Gasteiger partial charge in [-0.1, -0.05) is 33.6 Å². The van der Waals surface area contributed by atoms with Gasteiger partial charge in [-0.15, -0.1) is 0 Å². The van der Waals surface area contributed by atoms with Crippen LogP contribution in [0.1, 0.15) is 23.1 Å². The van der Waals surface area contributed by atoms with Crippen molar-refractivity contribution in [3.05, 3.63) is 35.7 Å². The van der Waals surface area contributed by atoms with Crippen LogP contribution in [0.4, 0.5) is 17.6 Å². The predicted molar refractivity (Wildman–Crippen MR) is 76.0 cm³/mol. The molecule has 1 aromatic heterocycles. The standard InChI is InChI=1S/C12H14BrN5/c1-7-3-5-9(6-4-7)15-12-17-10(8(2)13)16-11(14)18-12/h3-6,8H,1-2H3,(H3,14,15,16,17,18)/t8-/m1/s1. The summed E-state index contributed by atoms with van der Waals surface area (Å²) in [7, 11) is 0. The Bertz CT molecular complexity index is 539. The summed E-state index contributed by atoms with van der Waals surface area (Å²) in [5.41, 5.74) is 7.77. The number of rotatable bonds is 3. The molecule has 0 radical (unpaired) electrons. The van der Waals surface area contributed by atoms with E-state index in [1.807, 2.05) is 38.1 Å². The summed E-state index contributed by atoms with van der Waals surface area (Å²) < 4.78 is 0. The molecule has 0 amide bonds. The van der Waals surface area contributed by atoms with Crippen LogP contribution in [0.2, 0.25) is 0 Å². The molecule has 0 unspecified atom stereocenters. The minimum atomic E-state index is 0.0290. The molecule has 0 bridgehead atoms. The molecular formula is C12H14BrN5. The second kappa shape index (κ2) is 5.30. The van der Waals surface area contributed by atoms with Crippen LogP contribution in [0.5, 0.6) is 0 Å². The quantitative estimate of drug-likeness (QED) is 0.853. The van der Waals surface area contributed by atoms with Crippen molar-refractivity contribution in [1.29, 1.82) is 0 Å². The van der Waals surface area contributed by atoms with Crippen molar-refractivity contribution in [3.8, 4) is 0 Å². The lowest BCUT2D eigenvalue weighted by atomic mass is 10.2. The van der Waals surface area contributed by atoms with Gasteiger partial charge >= 0.3 is 0 Å². The van der Waals surface area contributed by atoms with Crippen molar-refractivity contribution in [3.63, 3.8) is 0 Å². The molecule has 1 atom stereocenters. The molecule has 0 saturated carbocycles. The van der Waals surface area contributed by atoms with E-state index in [4.69, 9.17) is 5.73 Å². The monoisotopic (exact) mass is 307 g/mol. The van der Waals surface area contributed by atoms with Crippen LogP contribution in [-0.4, -0.2) is 15.0 Å². The van der Waals surface area contributed by atoms with E-state index in [9.17, 15) is 0 Å². The Morgan fingerprint density at radius 2 is 1.83 bits per heavy atom. The maximum absolute atomic E-state index is 5.65. The van der Waals surface area contributed by atoms with E-state index in [1.165, 1.54) is 5.56 Å². The van der Waals surface area contributed by atoms with Crippen molar-refractivity contribution in [1.82, 2.24) is 15.0 Å². The van der Waals surface area contributed by atoms with Gasteiger partial charge in [-0.25, -0.2) is 0 Å². The number of nitrogens with one attached hydrogen (secondary N) is 1. The second-order valence-electron chi connectivity index (χ2n) is 3.98. The van der Waals surface area contributed by atoms with Crippen molar-refractivity contribution in [2.45, 2.75) is 18.7 Å². The van der Waals surface area contributed by atoms with Crippen LogP contribution in [0.25, 0.3) is 0 Å². The smallest absolute Gasteiger partial charge is 0.232 e. The van der Waals surface area contributed by atoms with E-state index < -0.39 is 0 Å². The molecule has 2 rings (SSSR count). The molecule has 3 N–H and O–H groups in total. The van der Waals surface area contributed by atoms with Gasteiger partial charge in [0.2, 0.25) is 11.9 Å². The Morgan fingerprint density at radius 1 is 1.17 bits per heavy atom. The van der Waals surface area contributed by atoms with Crippen molar-refractivity contribution >= 4 is 33.5 Å². The highest BCUT2D eigenvalue weighted by Gasteiger charge is 2.09. The summed E-state index contributed by atoms with van der Waals surface area (Å²) in [5, 5.41) is 3.10. The Balaban J connectivity index is 2.26. The SMILES string of the molecule is Cc1ccc(Nc2nc(N)nc([C@@H](C)Br)n2)cc1. The van der Waals surface area contributed by atoms with Crippen molar-refractivity contribution in [2.75, 3.05) is 11.1 Å². The number of anilines is 3. The Hall–Kier alpha value is -1.69. The second-order valence-corrected chi connectivity index (χ2v) is 5.36. The molecule has 5 nitrogen and oxygen atoms in total. The number of alkyl halides is 1. The minimum Gasteiger partial charge on any atom is -0.368 e. The molecule has 6 heteroatoms. The van der Waals surface area contributed by atoms with E-state index in [0.717, 1.165) is 5.69 Å². The van der Waals surface area contributed by atoms with Gasteiger partial charge in [0, 0.05) is 5.69 Å². The summed E-state index contributed by atoms with van der Waals surface area (Å²) in [4.78, 5) is 12.4. The lowest BCUT2D eigenvalue weighted by Gasteiger charge is -2.08. The predicted octanol–water partition coefficient (Wildman–Crippen LogP) is 2.96. The van der Waals surface area contributed by atoms with Gasteiger partial charge in [0.25, 0.3) is 0 Å². The highest BCUT2D eigenvalue weighted by Crippen LogP contribution is 2.20. The van der Waals surface area contributed by atoms with Crippen LogP contribution in [0.15, 0.2) is 24.3 Å². The number of nitrogen functional groups attached to an aromatic ring is 1. The molecule has 0 aliphatic carbocycles. The van der Waals surface area contributed by atoms with E-state index in [2.05, 4.69) is 36.2 Å². The van der Waals surface area contributed by atoms with Crippen LogP contribution >= 0.6 is 15.9 Å². The third kappa shape index (κ3) is 3.16. The molecule has 0 saturated heterocycles. The highest BCUT2D eigenvalue weighted by atomic mass is 79.9. The average Bonchev–Trinajstić information content (AvgIpc) is 2.31. The van der Waals surface area contributed by atoms with Crippen LogP contribution in [0.3, 0.4) is 0 Å². The molecule has 1 heterocycles. The van der Waals surface area contributed by atoms with E-state index in [1.54, 1.807) is 0 Å². The molecule has 94 valence electrons. The number of nitrogens with zero attached hydrogens (tertiary/aromatic N) is 3. The molecule has 2 aromatic rings. The first-order valence-electron chi connectivity index (χ1n) is 5.54. The van der Waals surface area contributed by atoms with Gasteiger partial charge in [0.1, 0.15) is 5.82 Å². The molecule has 18 heavy (non-hydrogen) atoms. The minimum absolute atomic E-state index is 0.0290. The normalized spacial score (nSPS) is 12.2. The first-order valence-corrected chi connectivity index (χ1v) is 6.45. The molecule has 0 aliphatic heterocycles. The fourth-order valence-electron chi connectivity index (χ4n) is 1.41. The number of aryl methyl sites for hydroxylation is 1. The number of benzene rings is 1. The number of hydrogen-bond acceptors (Lipinski definition) is 5. The fourth-order valence-corrected chi connectivity index (χ4v) is 1.61. The van der Waals surface area contributed by atoms with Gasteiger partial charge < -0.3 is 11.1 Å². The first kappa shape index (κ1) is 12.8. The molecular weight excluding hydrogens is 294 g/mol. The lowest BCUT2D eigenvalue weighted by molar-refractivity contribution is 0.906. The summed E-state index contributed by atoms with van der Waals surface area (Å²) in [6.07, 6.45) is 0. The van der Waals surface area contributed by atoms with Gasteiger partial charge in [0.05, 0.1) is 4.83 Å². The zero-order valence-electron chi connectivity index (χ0n) is 10.2. The Morgan fingerprint density at radius 3 is 2.44 bits per heavy atom. The largest absolute Gasteiger partial charge is 0.368 e. The van der Waals surface area contributed by atoms with Gasteiger partial charge in [0.15, 0.2) is 0 Å². The summed E-state index contributed by atoms with van der Waals surface area (Å²) in [5.74, 6) is 1.27. The summed E-state index contributed by atoms with van der Waals surface area (Å²) in [6, 6.07) is 7.96. The Labute approximate surface area is 114 Å². The maximum Gasteiger partial charge on any atom is 0.232 e. The summed E-state index contributed by atoms with van der Waals surface area (Å²) in [6.45, 7) is 3.97. The molecule has 0 spiro atoms. The third-order valence-electron chi connectivity index (χ3n) is 2.33. The van der Waals surface area contributed by atoms with Crippen LogP contribution < -0.4 is 11.1 Å². The van der Waals surface area contributed by atoms with Crippen molar-refractivity contribution in [2.24, 2.45) is 0 Å². The van der Waals surface area contributed by atoms with Crippen LogP contribution in [0, 0.1) is 6.92 Å². The number of nitrogens with two attached hydrogens (primary N) is 1. The average molecular weight is 308 g/mol. The third-order valence-corrected chi connectivity index (χ3v) is 2.74. The first-order chi connectivity index (χ1) is 8.54. The topological polar surface area (TPSA) is 76.7 Å². The lowest BCUT2D eigenvalue weighted by Crippen LogP contribution is -2.07. The van der Waals surface area contributed by atoms with Crippen LogP contribution in [-0.2, 0) is 0 Å². The fraction of sp³-hybridized carbons (Fsp3) is 0.250. The van der Waals surface area contributed by atoms with Gasteiger partial charge in [-0.2, -0.15) is 15.0 Å². The zero-order chi connectivity index (χ0) is 13.1. The summed E-state index contributed by atoms with van der Waals surface area (Å²) >= 11 is 3.41. The van der Waals surface area contributed by atoms with Crippen molar-refractivity contribution < 1.29 is 0 Å². The number of aromatic nitrogens is 3. The van der Waals surface area contributed by atoms with E-state index in [0.29, 0.717) is 11.8 Å². The van der Waals surface area contributed by atoms with E-state index in [-0.39, 0.29) is 10.8 Å². The number of hydrogen-bond donors (Lipinski definition) is 2. The Kier molecular flexibility index (Phi) is 3.76. The van der Waals surface area contributed by atoms with Gasteiger partial charge in [-0.05, 0) is 26.0 Å². The maximum atomic E-state index is 5.65. The van der Waals surface area contributed by atoms with Gasteiger partial charge in [-0.3, -0.25) is 0 Å². The molecule has 1 aromatic carbocycles. The number of halogens is 1.